The monoisotopic (exact) mass is 491 g/mol. The molecule has 1 unspecified atom stereocenters. The van der Waals surface area contributed by atoms with Crippen molar-refractivity contribution in [1.82, 2.24) is 4.90 Å². The van der Waals surface area contributed by atoms with E-state index >= 15 is 0 Å². The maximum absolute atomic E-state index is 13.7. The second kappa shape index (κ2) is 10.4. The number of anilines is 1. The fraction of sp³-hybridized carbons (Fsp3) is 0.517. The highest BCUT2D eigenvalue weighted by Crippen LogP contribution is 2.43. The van der Waals surface area contributed by atoms with Gasteiger partial charge < -0.3 is 25.0 Å². The molecule has 2 saturated carbocycles. The van der Waals surface area contributed by atoms with Gasteiger partial charge in [-0.2, -0.15) is 0 Å². The van der Waals surface area contributed by atoms with Crippen LogP contribution in [0, 0.1) is 5.41 Å². The van der Waals surface area contributed by atoms with Gasteiger partial charge in [0.05, 0.1) is 19.3 Å². The molecular formula is C29H37N3O4. The molecule has 0 aromatic heterocycles. The van der Waals surface area contributed by atoms with Crippen molar-refractivity contribution in [3.05, 3.63) is 54.1 Å². The highest BCUT2D eigenvalue weighted by Gasteiger charge is 2.52. The fourth-order valence-electron chi connectivity index (χ4n) is 5.93. The van der Waals surface area contributed by atoms with Gasteiger partial charge in [-0.15, -0.1) is 0 Å². The van der Waals surface area contributed by atoms with Crippen LogP contribution in [0.15, 0.2) is 48.5 Å². The largest absolute Gasteiger partial charge is 0.493 e. The van der Waals surface area contributed by atoms with Gasteiger partial charge in [-0.3, -0.25) is 9.59 Å². The Kier molecular flexibility index (Phi) is 7.08. The number of primary amides is 1. The summed E-state index contributed by atoms with van der Waals surface area (Å²) in [6.07, 6.45) is 7.51. The smallest absolute Gasteiger partial charge is 0.238 e. The molecule has 2 N–H and O–H groups in total. The first-order chi connectivity index (χ1) is 17.5. The third-order valence-corrected chi connectivity index (χ3v) is 8.25. The summed E-state index contributed by atoms with van der Waals surface area (Å²) in [5.41, 5.74) is 6.94. The zero-order chi connectivity index (χ0) is 25.1. The molecule has 2 aliphatic carbocycles. The van der Waals surface area contributed by atoms with Gasteiger partial charge in [0.1, 0.15) is 5.41 Å². The zero-order valence-electron chi connectivity index (χ0n) is 21.2. The minimum Gasteiger partial charge on any atom is -0.493 e. The quantitative estimate of drug-likeness (QED) is 0.566. The van der Waals surface area contributed by atoms with Crippen LogP contribution >= 0.6 is 0 Å². The van der Waals surface area contributed by atoms with E-state index in [2.05, 4.69) is 29.2 Å². The van der Waals surface area contributed by atoms with Gasteiger partial charge in [0.2, 0.25) is 11.8 Å². The molecule has 3 fully saturated rings. The van der Waals surface area contributed by atoms with Crippen molar-refractivity contribution < 1.29 is 19.1 Å². The van der Waals surface area contributed by atoms with Crippen LogP contribution in [-0.4, -0.2) is 55.6 Å². The summed E-state index contributed by atoms with van der Waals surface area (Å²) < 4.78 is 11.9. The molecule has 7 nitrogen and oxygen atoms in total. The number of ether oxygens (including phenoxy) is 2. The number of carbonyl (C=O) groups is 2. The number of piperazine rings is 1. The normalized spacial score (nSPS) is 21.6. The van der Waals surface area contributed by atoms with Crippen molar-refractivity contribution in [3.63, 3.8) is 0 Å². The maximum atomic E-state index is 13.7. The van der Waals surface area contributed by atoms with E-state index in [-0.39, 0.29) is 18.1 Å². The molecular weight excluding hydrogens is 454 g/mol. The molecule has 192 valence electrons. The molecule has 2 aromatic carbocycles. The lowest BCUT2D eigenvalue weighted by Crippen LogP contribution is -2.63. The topological polar surface area (TPSA) is 85.1 Å². The van der Waals surface area contributed by atoms with Crippen molar-refractivity contribution in [1.29, 1.82) is 0 Å². The maximum Gasteiger partial charge on any atom is 0.238 e. The lowest BCUT2D eigenvalue weighted by atomic mass is 9.67. The van der Waals surface area contributed by atoms with Gasteiger partial charge in [-0.25, -0.2) is 0 Å². The Bertz CT molecular complexity index is 1080. The molecule has 0 radical (unpaired) electrons. The summed E-state index contributed by atoms with van der Waals surface area (Å²) in [4.78, 5) is 30.2. The van der Waals surface area contributed by atoms with E-state index in [1.807, 2.05) is 29.2 Å². The highest BCUT2D eigenvalue weighted by molar-refractivity contribution is 6.05. The van der Waals surface area contributed by atoms with Gasteiger partial charge in [0.25, 0.3) is 0 Å². The van der Waals surface area contributed by atoms with Crippen LogP contribution < -0.4 is 20.1 Å². The Morgan fingerprint density at radius 2 is 1.75 bits per heavy atom. The van der Waals surface area contributed by atoms with Crippen LogP contribution in [0.2, 0.25) is 0 Å². The zero-order valence-corrected chi connectivity index (χ0v) is 21.2. The molecule has 5 rings (SSSR count). The van der Waals surface area contributed by atoms with Crippen LogP contribution in [0.1, 0.15) is 50.5 Å². The lowest BCUT2D eigenvalue weighted by molar-refractivity contribution is -0.157. The van der Waals surface area contributed by atoms with Crippen LogP contribution in [0.3, 0.4) is 0 Å². The summed E-state index contributed by atoms with van der Waals surface area (Å²) in [6, 6.07) is 16.3. The number of nitrogens with zero attached hydrogens (tertiary/aromatic N) is 2. The fourth-order valence-corrected chi connectivity index (χ4v) is 5.93. The molecule has 3 aliphatic rings. The van der Waals surface area contributed by atoms with E-state index < -0.39 is 11.3 Å². The second-order valence-electron chi connectivity index (χ2n) is 10.4. The summed E-state index contributed by atoms with van der Waals surface area (Å²) >= 11 is 0. The highest BCUT2D eigenvalue weighted by atomic mass is 16.5. The number of carbonyl (C=O) groups excluding carboxylic acids is 2. The van der Waals surface area contributed by atoms with E-state index in [0.29, 0.717) is 32.5 Å². The van der Waals surface area contributed by atoms with Gasteiger partial charge in [-0.1, -0.05) is 36.8 Å². The Labute approximate surface area is 213 Å². The minimum atomic E-state index is -1.03. The molecule has 1 aliphatic heterocycles. The van der Waals surface area contributed by atoms with Crippen molar-refractivity contribution in [3.8, 4) is 11.5 Å². The first-order valence-electron chi connectivity index (χ1n) is 13.2. The molecule has 0 bridgehead atoms. The van der Waals surface area contributed by atoms with E-state index in [0.717, 1.165) is 42.9 Å². The molecule has 1 saturated heterocycles. The van der Waals surface area contributed by atoms with Crippen LogP contribution in [-0.2, 0) is 16.0 Å². The Balaban J connectivity index is 1.39. The van der Waals surface area contributed by atoms with E-state index in [9.17, 15) is 9.59 Å². The minimum absolute atomic E-state index is 0.0632. The van der Waals surface area contributed by atoms with Crippen molar-refractivity contribution in [2.75, 3.05) is 31.6 Å². The number of nitrogens with two attached hydrogens (primary N) is 1. The second-order valence-corrected chi connectivity index (χ2v) is 10.4. The molecule has 2 aromatic rings. The van der Waals surface area contributed by atoms with E-state index in [4.69, 9.17) is 15.2 Å². The van der Waals surface area contributed by atoms with Crippen LogP contribution in [0.5, 0.6) is 11.5 Å². The van der Waals surface area contributed by atoms with Gasteiger partial charge in [0, 0.05) is 31.4 Å². The molecule has 0 spiro atoms. The van der Waals surface area contributed by atoms with Gasteiger partial charge in [-0.05, 0) is 62.6 Å². The number of rotatable bonds is 8. The number of amides is 2. The van der Waals surface area contributed by atoms with Crippen molar-refractivity contribution in [2.24, 2.45) is 11.1 Å². The third kappa shape index (κ3) is 4.75. The number of hydrogen-bond donors (Lipinski definition) is 1. The van der Waals surface area contributed by atoms with Gasteiger partial charge in [0.15, 0.2) is 11.5 Å². The molecule has 36 heavy (non-hydrogen) atoms. The first kappa shape index (κ1) is 24.5. The predicted molar refractivity (Wildman–Crippen MR) is 139 cm³/mol. The lowest BCUT2D eigenvalue weighted by Gasteiger charge is -2.48. The average molecular weight is 492 g/mol. The summed E-state index contributed by atoms with van der Waals surface area (Å²) in [6.45, 7) is 1.90. The summed E-state index contributed by atoms with van der Waals surface area (Å²) in [5, 5.41) is 0. The van der Waals surface area contributed by atoms with Gasteiger partial charge >= 0.3 is 0 Å². The third-order valence-electron chi connectivity index (χ3n) is 8.25. The first-order valence-corrected chi connectivity index (χ1v) is 13.2. The summed E-state index contributed by atoms with van der Waals surface area (Å²) in [5.74, 6) is 0.946. The number of methoxy groups -OCH3 is 1. The summed E-state index contributed by atoms with van der Waals surface area (Å²) in [7, 11) is 1.67. The predicted octanol–water partition coefficient (Wildman–Crippen LogP) is 3.93. The number of hydrogen-bond acceptors (Lipinski definition) is 5. The standard InChI is InChI=1S/C29H37N3O4/c1-35-25-13-12-22(19-26(25)36-24-10-5-6-11-24)31-16-17-32(28(34)29(27(30)33)14-7-15-29)23(20-31)18-21-8-3-2-4-9-21/h2-4,8-9,12-13,19,23-24H,5-7,10-11,14-18,20H2,1H3,(H2,30,33). The molecule has 7 heteroatoms. The van der Waals surface area contributed by atoms with Crippen molar-refractivity contribution >= 4 is 17.5 Å². The Morgan fingerprint density at radius 3 is 2.39 bits per heavy atom. The molecule has 1 atom stereocenters. The molecule has 1 heterocycles. The van der Waals surface area contributed by atoms with Crippen molar-refractivity contribution in [2.45, 2.75) is 63.5 Å². The van der Waals surface area contributed by atoms with Crippen LogP contribution in [0.4, 0.5) is 5.69 Å². The van der Waals surface area contributed by atoms with Crippen LogP contribution in [0.25, 0.3) is 0 Å². The van der Waals surface area contributed by atoms with E-state index in [1.165, 1.54) is 18.4 Å². The number of benzene rings is 2. The molecule has 2 amide bonds. The van der Waals surface area contributed by atoms with E-state index in [1.54, 1.807) is 7.11 Å². The Morgan fingerprint density at radius 1 is 1.00 bits per heavy atom. The Hall–Kier alpha value is -3.22. The SMILES string of the molecule is COc1ccc(N2CCN(C(=O)C3(C(N)=O)CCC3)C(Cc3ccccc3)C2)cc1OC1CCCC1. The average Bonchev–Trinajstić information content (AvgIpc) is 3.37.